The number of hydrogen-bond donors (Lipinski definition) is 0. The van der Waals surface area contributed by atoms with E-state index in [-0.39, 0.29) is 5.92 Å². The first-order chi connectivity index (χ1) is 28.7. The molecule has 0 aromatic heterocycles. The number of benzene rings is 5. The van der Waals surface area contributed by atoms with Gasteiger partial charge in [-0.25, -0.2) is 0 Å². The number of halogens is 3. The summed E-state index contributed by atoms with van der Waals surface area (Å²) in [5.74, 6) is 1.57. The van der Waals surface area contributed by atoms with E-state index in [1.165, 1.54) is 17.7 Å². The third kappa shape index (κ3) is 5.83. The van der Waals surface area contributed by atoms with E-state index in [1.807, 2.05) is 0 Å². The second-order valence-corrected chi connectivity index (χ2v) is 18.7. The van der Waals surface area contributed by atoms with Gasteiger partial charge in [-0.05, 0) is 126 Å². The van der Waals surface area contributed by atoms with Gasteiger partial charge in [0.15, 0.2) is 5.60 Å². The summed E-state index contributed by atoms with van der Waals surface area (Å²) in [4.78, 5) is 7.04. The van der Waals surface area contributed by atoms with Gasteiger partial charge in [-0.3, -0.25) is 0 Å². The van der Waals surface area contributed by atoms with Crippen molar-refractivity contribution in [3.8, 4) is 16.9 Å². The van der Waals surface area contributed by atoms with E-state index in [0.29, 0.717) is 32.3 Å². The normalized spacial score (nSPS) is 24.1. The molecule has 11 rings (SSSR count). The lowest BCUT2D eigenvalue weighted by molar-refractivity contribution is -0.137. The van der Waals surface area contributed by atoms with Crippen molar-refractivity contribution < 1.29 is 27.4 Å². The van der Waals surface area contributed by atoms with E-state index in [9.17, 15) is 13.2 Å². The van der Waals surface area contributed by atoms with Crippen molar-refractivity contribution in [2.24, 2.45) is 11.8 Å². The van der Waals surface area contributed by atoms with Gasteiger partial charge in [0.2, 0.25) is 0 Å². The summed E-state index contributed by atoms with van der Waals surface area (Å²) >= 11 is 3.43. The summed E-state index contributed by atoms with van der Waals surface area (Å²) in [5.41, 5.74) is 7.35. The Hall–Kier alpha value is -4.09. The fourth-order valence-corrected chi connectivity index (χ4v) is 13.1. The number of morpholine rings is 2. The number of fused-ring (bicyclic) bond motifs is 13. The van der Waals surface area contributed by atoms with Gasteiger partial charge in [-0.15, -0.1) is 23.5 Å². The first-order valence-electron chi connectivity index (χ1n) is 20.9. The topological polar surface area (TPSA) is 34.2 Å². The molecule has 3 unspecified atom stereocenters. The maximum atomic E-state index is 14.6. The van der Waals surface area contributed by atoms with Gasteiger partial charge in [-0.1, -0.05) is 42.8 Å². The second kappa shape index (κ2) is 14.3. The highest BCUT2D eigenvalue weighted by molar-refractivity contribution is 8.01. The molecule has 0 radical (unpaired) electrons. The van der Waals surface area contributed by atoms with E-state index >= 15 is 0 Å². The first-order valence-corrected chi connectivity index (χ1v) is 23.4. The zero-order valence-corrected chi connectivity index (χ0v) is 35.0. The predicted octanol–water partition coefficient (Wildman–Crippen LogP) is 11.4. The molecule has 1 spiro atoms. The summed E-state index contributed by atoms with van der Waals surface area (Å²) in [7, 11) is 0. The minimum Gasteiger partial charge on any atom is -0.472 e. The summed E-state index contributed by atoms with van der Waals surface area (Å²) in [5, 5.41) is 2.05. The predicted molar refractivity (Wildman–Crippen MR) is 234 cm³/mol. The third-order valence-corrected chi connectivity index (χ3v) is 16.0. The van der Waals surface area contributed by atoms with Crippen molar-refractivity contribution in [3.63, 3.8) is 0 Å². The smallest absolute Gasteiger partial charge is 0.416 e. The molecule has 2 bridgehead atoms. The highest BCUT2D eigenvalue weighted by Gasteiger charge is 2.59. The Labute approximate surface area is 352 Å². The van der Waals surface area contributed by atoms with Gasteiger partial charge >= 0.3 is 6.18 Å². The third-order valence-electron chi connectivity index (χ3n) is 14.3. The highest BCUT2D eigenvalue weighted by Crippen LogP contribution is 2.69. The summed E-state index contributed by atoms with van der Waals surface area (Å²) < 4.78 is 62.8. The number of anilines is 2. The Morgan fingerprint density at radius 1 is 0.712 bits per heavy atom. The molecule has 0 N–H and O–H groups in total. The number of hydrogen-bond acceptors (Lipinski definition) is 7. The summed E-state index contributed by atoms with van der Waals surface area (Å²) in [6.45, 7) is 6.23. The van der Waals surface area contributed by atoms with Crippen LogP contribution in [0.25, 0.3) is 28.0 Å². The van der Waals surface area contributed by atoms with Crippen LogP contribution in [-0.4, -0.2) is 65.1 Å². The van der Waals surface area contributed by atoms with Crippen LogP contribution in [0.15, 0.2) is 94.7 Å². The molecule has 0 amide bonds. The molecule has 5 aromatic carbocycles. The van der Waals surface area contributed by atoms with Crippen LogP contribution >= 0.6 is 23.5 Å². The monoisotopic (exact) mass is 832 g/mol. The molecular weight excluding hydrogens is 786 g/mol. The minimum atomic E-state index is -4.43. The zero-order chi connectivity index (χ0) is 40.1. The van der Waals surface area contributed by atoms with Crippen molar-refractivity contribution >= 4 is 51.7 Å². The summed E-state index contributed by atoms with van der Waals surface area (Å²) in [6.07, 6.45) is 8.34. The van der Waals surface area contributed by atoms with Crippen LogP contribution in [0.5, 0.6) is 5.75 Å². The van der Waals surface area contributed by atoms with Crippen LogP contribution in [0.4, 0.5) is 24.5 Å². The molecule has 6 aliphatic rings. The summed E-state index contributed by atoms with van der Waals surface area (Å²) in [6, 6.07) is 26.8. The van der Waals surface area contributed by atoms with Gasteiger partial charge in [0.25, 0.3) is 0 Å². The zero-order valence-electron chi connectivity index (χ0n) is 33.4. The molecule has 2 saturated heterocycles. The quantitative estimate of drug-likeness (QED) is 0.158. The maximum Gasteiger partial charge on any atom is 0.416 e. The van der Waals surface area contributed by atoms with Gasteiger partial charge < -0.3 is 24.0 Å². The average molecular weight is 833 g/mol. The molecule has 3 atom stereocenters. The average Bonchev–Trinajstić information content (AvgIpc) is 3.98. The van der Waals surface area contributed by atoms with E-state index in [1.54, 1.807) is 29.6 Å². The van der Waals surface area contributed by atoms with Crippen LogP contribution in [-0.2, 0) is 26.7 Å². The van der Waals surface area contributed by atoms with Crippen LogP contribution in [0, 0.1) is 11.8 Å². The molecule has 3 aliphatic heterocycles. The molecule has 4 fully saturated rings. The number of rotatable bonds is 6. The lowest BCUT2D eigenvalue weighted by Crippen LogP contribution is -2.38. The van der Waals surface area contributed by atoms with Crippen LogP contribution < -0.4 is 14.5 Å². The van der Waals surface area contributed by atoms with Crippen molar-refractivity contribution in [1.82, 2.24) is 0 Å². The molecule has 304 valence electrons. The second-order valence-electron chi connectivity index (χ2n) is 17.0. The first kappa shape index (κ1) is 37.9. The molecule has 3 aliphatic carbocycles. The van der Waals surface area contributed by atoms with E-state index in [2.05, 4.69) is 95.1 Å². The van der Waals surface area contributed by atoms with Crippen LogP contribution in [0.1, 0.15) is 59.1 Å². The van der Waals surface area contributed by atoms with Crippen molar-refractivity contribution in [2.75, 3.05) is 74.9 Å². The SMILES string of the molecule is CSc1cc2c3c(c4c(c2cc1SC)-c1ccc(C(F)(F)F)cc1C41CC2CCC1C2)C=CC(c1ccc(N2CCOCC2)cc1)(c1ccc(N2CCOCC2)cc1)O3. The Balaban J connectivity index is 1.15. The van der Waals surface area contributed by atoms with Gasteiger partial charge in [0.1, 0.15) is 5.75 Å². The molecular formula is C49H47F3N2O3S2. The number of nitrogens with zero attached hydrogens (tertiary/aromatic N) is 2. The van der Waals surface area contributed by atoms with Crippen LogP contribution in [0.2, 0.25) is 0 Å². The number of alkyl halides is 3. The Bertz CT molecular complexity index is 2430. The van der Waals surface area contributed by atoms with Crippen molar-refractivity contribution in [1.29, 1.82) is 0 Å². The van der Waals surface area contributed by atoms with E-state index in [0.717, 1.165) is 123 Å². The lowest BCUT2D eigenvalue weighted by Gasteiger charge is -2.41. The standard InChI is InChI=1S/C49H47F3N2O3S2/c1-58-42-27-39-40(28-43(42)59-2)46-38(45-44(39)37-14-9-34(49(50,51)52)26-41(37)47(45)29-30-3-4-33(47)25-30)15-16-48(57-46,31-5-10-35(11-6-31)53-17-21-55-22-18-53)32-7-12-36(13-8-32)54-19-23-56-24-20-54/h5-16,26-28,30,33H,3-4,17-25,29H2,1-2H3. The Kier molecular flexibility index (Phi) is 9.15. The minimum absolute atomic E-state index is 0.267. The molecule has 2 saturated carbocycles. The largest absolute Gasteiger partial charge is 0.472 e. The van der Waals surface area contributed by atoms with Gasteiger partial charge in [0.05, 0.1) is 32.0 Å². The molecule has 5 aromatic rings. The van der Waals surface area contributed by atoms with Gasteiger partial charge in [-0.2, -0.15) is 13.2 Å². The highest BCUT2D eigenvalue weighted by atomic mass is 32.2. The van der Waals surface area contributed by atoms with Gasteiger partial charge in [0, 0.05) is 74.8 Å². The number of thioether (sulfide) groups is 2. The molecule has 59 heavy (non-hydrogen) atoms. The number of ether oxygens (including phenoxy) is 3. The molecule has 3 heterocycles. The van der Waals surface area contributed by atoms with Crippen molar-refractivity contribution in [2.45, 2.75) is 52.7 Å². The van der Waals surface area contributed by atoms with Crippen LogP contribution in [0.3, 0.4) is 0 Å². The molecule has 10 heteroatoms. The fraction of sp³-hybridized carbons (Fsp3) is 0.388. The Morgan fingerprint density at radius 3 is 1.83 bits per heavy atom. The van der Waals surface area contributed by atoms with E-state index in [4.69, 9.17) is 14.2 Å². The van der Waals surface area contributed by atoms with E-state index < -0.39 is 22.8 Å². The lowest BCUT2D eigenvalue weighted by atomic mass is 9.65. The molecule has 5 nitrogen and oxygen atoms in total. The maximum absolute atomic E-state index is 14.6. The fourth-order valence-electron chi connectivity index (χ4n) is 11.6. The van der Waals surface area contributed by atoms with Crippen molar-refractivity contribution in [3.05, 3.63) is 118 Å². The Morgan fingerprint density at radius 2 is 1.31 bits per heavy atom.